The highest BCUT2D eigenvalue weighted by Gasteiger charge is 2.18. The highest BCUT2D eigenvalue weighted by atomic mass is 32.1. The number of thiophene rings is 1. The first-order valence-corrected chi connectivity index (χ1v) is 21.7. The second-order valence-electron chi connectivity index (χ2n) is 15.6. The molecule has 9 aromatic carbocycles. The highest BCUT2D eigenvalue weighted by Crippen LogP contribution is 2.42. The van der Waals surface area contributed by atoms with Crippen LogP contribution in [-0.2, 0) is 0 Å². The summed E-state index contributed by atoms with van der Waals surface area (Å²) in [6.45, 7) is 0. The number of para-hydroxylation sites is 1. The van der Waals surface area contributed by atoms with E-state index in [0.717, 1.165) is 50.2 Å². The Morgan fingerprint density at radius 1 is 0.274 bits per heavy atom. The fourth-order valence-electron chi connectivity index (χ4n) is 8.80. The van der Waals surface area contributed by atoms with Crippen LogP contribution in [0, 0.1) is 0 Å². The van der Waals surface area contributed by atoms with Gasteiger partial charge in [0.2, 0.25) is 0 Å². The molecule has 4 nitrogen and oxygen atoms in total. The van der Waals surface area contributed by atoms with E-state index < -0.39 is 0 Å². The van der Waals surface area contributed by atoms with Gasteiger partial charge in [-0.3, -0.25) is 0 Å². The van der Waals surface area contributed by atoms with E-state index in [1.165, 1.54) is 47.5 Å². The van der Waals surface area contributed by atoms with Gasteiger partial charge in [-0.2, -0.15) is 0 Å². The molecule has 0 radical (unpaired) electrons. The van der Waals surface area contributed by atoms with E-state index in [0.29, 0.717) is 17.5 Å². The molecule has 0 aliphatic carbocycles. The summed E-state index contributed by atoms with van der Waals surface area (Å²) < 4.78 is 5.04. The maximum absolute atomic E-state index is 5.14. The summed E-state index contributed by atoms with van der Waals surface area (Å²) in [6, 6.07) is 77.6. The lowest BCUT2D eigenvalue weighted by molar-refractivity contribution is 1.07. The molecule has 0 N–H and O–H groups in total. The Labute approximate surface area is 362 Å². The molecule has 0 saturated heterocycles. The predicted molar refractivity (Wildman–Crippen MR) is 260 cm³/mol. The summed E-state index contributed by atoms with van der Waals surface area (Å²) in [7, 11) is 0. The fourth-order valence-corrected chi connectivity index (χ4v) is 9.92. The zero-order valence-corrected chi connectivity index (χ0v) is 34.3. The van der Waals surface area contributed by atoms with Crippen LogP contribution in [0.15, 0.2) is 218 Å². The number of hydrogen-bond donors (Lipinski definition) is 0. The van der Waals surface area contributed by atoms with Gasteiger partial charge in [0.05, 0.1) is 11.0 Å². The highest BCUT2D eigenvalue weighted by molar-refractivity contribution is 7.25. The van der Waals surface area contributed by atoms with Crippen LogP contribution in [0.2, 0.25) is 0 Å². The largest absolute Gasteiger partial charge is 0.309 e. The molecule has 0 aliphatic heterocycles. The van der Waals surface area contributed by atoms with Gasteiger partial charge in [0.1, 0.15) is 0 Å². The van der Waals surface area contributed by atoms with E-state index >= 15 is 0 Å². The molecule has 12 aromatic rings. The molecule has 3 heterocycles. The fraction of sp³-hybridized carbons (Fsp3) is 0. The molecule has 0 unspecified atom stereocenters. The van der Waals surface area contributed by atoms with Crippen molar-refractivity contribution in [3.05, 3.63) is 218 Å². The van der Waals surface area contributed by atoms with Crippen molar-refractivity contribution in [3.63, 3.8) is 0 Å². The van der Waals surface area contributed by atoms with Crippen LogP contribution in [0.1, 0.15) is 0 Å². The van der Waals surface area contributed by atoms with Gasteiger partial charge in [0.15, 0.2) is 17.5 Å². The zero-order chi connectivity index (χ0) is 41.0. The third-order valence-electron chi connectivity index (χ3n) is 11.8. The summed E-state index contributed by atoms with van der Waals surface area (Å²) in [5.74, 6) is 1.89. The lowest BCUT2D eigenvalue weighted by Crippen LogP contribution is -2.00. The van der Waals surface area contributed by atoms with Crippen LogP contribution in [0.5, 0.6) is 0 Å². The number of rotatable bonds is 7. The van der Waals surface area contributed by atoms with E-state index in [-0.39, 0.29) is 0 Å². The minimum absolute atomic E-state index is 0.622. The normalized spacial score (nSPS) is 11.5. The quantitative estimate of drug-likeness (QED) is 0.161. The van der Waals surface area contributed by atoms with Crippen LogP contribution in [0.25, 0.3) is 115 Å². The van der Waals surface area contributed by atoms with Crippen molar-refractivity contribution in [2.45, 2.75) is 0 Å². The number of fused-ring (bicyclic) bond motifs is 6. The molecule has 290 valence electrons. The van der Waals surface area contributed by atoms with Crippen LogP contribution in [0.3, 0.4) is 0 Å². The summed E-state index contributed by atoms with van der Waals surface area (Å²) in [4.78, 5) is 15.3. The lowest BCUT2D eigenvalue weighted by atomic mass is 9.96. The molecule has 5 heteroatoms. The second-order valence-corrected chi connectivity index (χ2v) is 16.7. The average Bonchev–Trinajstić information content (AvgIpc) is 3.88. The SMILES string of the molecule is c1ccc(-c2ccc(-c3nc(-c4ccccc4)nc(-c4cccc(-c5cc(-c6ccccc6)cc(-n6c7ccccc7c7cc8c(cc76)sc6ccccc68)c5)c4)n3)cc2)cc1. The molecule has 0 amide bonds. The van der Waals surface area contributed by atoms with Crippen LogP contribution in [0.4, 0.5) is 0 Å². The number of hydrogen-bond acceptors (Lipinski definition) is 4. The third-order valence-corrected chi connectivity index (χ3v) is 13.0. The average molecular weight is 809 g/mol. The van der Waals surface area contributed by atoms with Crippen LogP contribution >= 0.6 is 11.3 Å². The van der Waals surface area contributed by atoms with Gasteiger partial charge >= 0.3 is 0 Å². The van der Waals surface area contributed by atoms with Crippen LogP contribution < -0.4 is 0 Å². The molecule has 62 heavy (non-hydrogen) atoms. The zero-order valence-electron chi connectivity index (χ0n) is 33.5. The Hall–Kier alpha value is -7.99. The van der Waals surface area contributed by atoms with E-state index in [4.69, 9.17) is 15.0 Å². The molecule has 0 atom stereocenters. The molecule has 0 fully saturated rings. The van der Waals surface area contributed by atoms with Crippen molar-refractivity contribution in [3.8, 4) is 73.2 Å². The standard InChI is InChI=1S/C57H36N4S/c1-4-15-37(16-5-1)39-27-29-41(30-28-39)56-58-55(40-19-8-3-9-20-40)59-57(60-56)43-22-14-21-42(31-43)45-32-44(38-17-6-2-7-18-38)33-46(34-45)61-51-25-12-10-23-47(51)49-35-50-48-24-11-13-26-53(48)62-54(50)36-52(49)61/h1-36H. The first-order chi connectivity index (χ1) is 30.7. The number of nitrogens with zero attached hydrogens (tertiary/aromatic N) is 4. The second kappa shape index (κ2) is 14.9. The third kappa shape index (κ3) is 6.35. The minimum Gasteiger partial charge on any atom is -0.309 e. The van der Waals surface area contributed by atoms with Gasteiger partial charge < -0.3 is 4.57 Å². The summed E-state index contributed by atoms with van der Waals surface area (Å²) >= 11 is 1.86. The van der Waals surface area contributed by atoms with Gasteiger partial charge in [-0.15, -0.1) is 11.3 Å². The van der Waals surface area contributed by atoms with Crippen molar-refractivity contribution in [1.82, 2.24) is 19.5 Å². The van der Waals surface area contributed by atoms with Gasteiger partial charge in [-0.1, -0.05) is 170 Å². The Balaban J connectivity index is 1.02. The number of aromatic nitrogens is 4. The summed E-state index contributed by atoms with van der Waals surface area (Å²) in [6.07, 6.45) is 0. The van der Waals surface area contributed by atoms with Crippen molar-refractivity contribution < 1.29 is 0 Å². The van der Waals surface area contributed by atoms with E-state index in [1.54, 1.807) is 0 Å². The Bertz CT molecular complexity index is 3610. The minimum atomic E-state index is 0.622. The Kier molecular flexibility index (Phi) is 8.65. The van der Waals surface area contributed by atoms with Gasteiger partial charge in [0.25, 0.3) is 0 Å². The predicted octanol–water partition coefficient (Wildman–Crippen LogP) is 15.3. The maximum Gasteiger partial charge on any atom is 0.164 e. The van der Waals surface area contributed by atoms with Crippen LogP contribution in [-0.4, -0.2) is 19.5 Å². The topological polar surface area (TPSA) is 43.6 Å². The van der Waals surface area contributed by atoms with Crippen molar-refractivity contribution in [1.29, 1.82) is 0 Å². The van der Waals surface area contributed by atoms with Crippen molar-refractivity contribution in [2.24, 2.45) is 0 Å². The smallest absolute Gasteiger partial charge is 0.164 e. The molecule has 3 aromatic heterocycles. The van der Waals surface area contributed by atoms with E-state index in [1.807, 2.05) is 35.6 Å². The lowest BCUT2D eigenvalue weighted by Gasteiger charge is -2.15. The first-order valence-electron chi connectivity index (χ1n) is 20.8. The summed E-state index contributed by atoms with van der Waals surface area (Å²) in [5, 5.41) is 5.10. The monoisotopic (exact) mass is 808 g/mol. The summed E-state index contributed by atoms with van der Waals surface area (Å²) in [5.41, 5.74) is 13.1. The van der Waals surface area contributed by atoms with Gasteiger partial charge in [0, 0.05) is 53.3 Å². The number of benzene rings is 9. The van der Waals surface area contributed by atoms with E-state index in [9.17, 15) is 0 Å². The molecular formula is C57H36N4S. The molecule has 0 spiro atoms. The molecule has 12 rings (SSSR count). The molecule has 0 aliphatic rings. The Morgan fingerprint density at radius 3 is 1.47 bits per heavy atom. The van der Waals surface area contributed by atoms with Gasteiger partial charge in [-0.05, 0) is 81.9 Å². The van der Waals surface area contributed by atoms with Gasteiger partial charge in [-0.25, -0.2) is 15.0 Å². The van der Waals surface area contributed by atoms with Crippen molar-refractivity contribution in [2.75, 3.05) is 0 Å². The van der Waals surface area contributed by atoms with E-state index in [2.05, 4.69) is 199 Å². The first kappa shape index (κ1) is 35.9. The van der Waals surface area contributed by atoms with Crippen molar-refractivity contribution >= 4 is 53.3 Å². The maximum atomic E-state index is 5.14. The Morgan fingerprint density at radius 2 is 0.758 bits per heavy atom. The molecule has 0 bridgehead atoms. The molecular weight excluding hydrogens is 773 g/mol. The molecule has 0 saturated carbocycles.